The second-order valence-corrected chi connectivity index (χ2v) is 6.08. The van der Waals surface area contributed by atoms with Crippen LogP contribution in [-0.2, 0) is 4.74 Å². The van der Waals surface area contributed by atoms with Gasteiger partial charge in [-0.2, -0.15) is 0 Å². The maximum absolute atomic E-state index is 13.8. The minimum atomic E-state index is -0.553. The summed E-state index contributed by atoms with van der Waals surface area (Å²) in [5.41, 5.74) is -0.0432. The van der Waals surface area contributed by atoms with Gasteiger partial charge in [0.2, 0.25) is 0 Å². The second kappa shape index (κ2) is 7.75. The van der Waals surface area contributed by atoms with E-state index in [1.54, 1.807) is 18.1 Å². The van der Waals surface area contributed by atoms with Crippen LogP contribution in [0.3, 0.4) is 0 Å². The molecule has 1 N–H and O–H groups in total. The van der Waals surface area contributed by atoms with Gasteiger partial charge in [0.05, 0.1) is 13.7 Å². The molecule has 0 bridgehead atoms. The van der Waals surface area contributed by atoms with Gasteiger partial charge in [0.25, 0.3) is 5.91 Å². The minimum Gasteiger partial charge on any atom is -0.494 e. The first-order chi connectivity index (χ1) is 11.0. The average Bonchev–Trinajstić information content (AvgIpc) is 2.59. The molecule has 1 amide bonds. The van der Waals surface area contributed by atoms with E-state index < -0.39 is 5.82 Å². The number of hydrogen-bond donors (Lipinski definition) is 1. The molecule has 1 heterocycles. The molecule has 1 unspecified atom stereocenters. The summed E-state index contributed by atoms with van der Waals surface area (Å²) in [5, 5.41) is 9.78. The van der Waals surface area contributed by atoms with Gasteiger partial charge in [0.1, 0.15) is 0 Å². The van der Waals surface area contributed by atoms with Crippen LogP contribution in [0.25, 0.3) is 0 Å². The van der Waals surface area contributed by atoms with Gasteiger partial charge in [-0.15, -0.1) is 0 Å². The summed E-state index contributed by atoms with van der Waals surface area (Å²) in [6.45, 7) is 1.62. The molecule has 0 aromatic heterocycles. The van der Waals surface area contributed by atoms with E-state index in [1.165, 1.54) is 19.2 Å². The van der Waals surface area contributed by atoms with Crippen molar-refractivity contribution in [1.29, 1.82) is 0 Å². The van der Waals surface area contributed by atoms with Crippen LogP contribution in [-0.4, -0.2) is 56.4 Å². The van der Waals surface area contributed by atoms with Crippen LogP contribution < -0.4 is 4.74 Å². The van der Waals surface area contributed by atoms with E-state index in [0.29, 0.717) is 31.7 Å². The van der Waals surface area contributed by atoms with Crippen molar-refractivity contribution in [2.24, 2.45) is 5.41 Å². The Morgan fingerprint density at radius 1 is 1.43 bits per heavy atom. The number of piperidine rings is 1. The highest BCUT2D eigenvalue weighted by Gasteiger charge is 2.36. The number of aliphatic hydroxyl groups is 1. The smallest absolute Gasteiger partial charge is 0.253 e. The van der Waals surface area contributed by atoms with E-state index in [0.717, 1.165) is 12.8 Å². The van der Waals surface area contributed by atoms with Gasteiger partial charge < -0.3 is 19.5 Å². The number of aliphatic hydroxyl groups excluding tert-OH is 1. The quantitative estimate of drug-likeness (QED) is 0.870. The average molecular weight is 325 g/mol. The Morgan fingerprint density at radius 2 is 2.22 bits per heavy atom. The molecule has 1 atom stereocenters. The molecule has 1 aliphatic rings. The van der Waals surface area contributed by atoms with Gasteiger partial charge >= 0.3 is 0 Å². The van der Waals surface area contributed by atoms with E-state index in [9.17, 15) is 14.3 Å². The minimum absolute atomic E-state index is 0.0110. The lowest BCUT2D eigenvalue weighted by atomic mass is 9.78. The van der Waals surface area contributed by atoms with Crippen LogP contribution >= 0.6 is 0 Å². The van der Waals surface area contributed by atoms with Crippen molar-refractivity contribution in [3.8, 4) is 5.75 Å². The maximum Gasteiger partial charge on any atom is 0.253 e. The van der Waals surface area contributed by atoms with E-state index >= 15 is 0 Å². The first-order valence-electron chi connectivity index (χ1n) is 7.78. The molecule has 23 heavy (non-hydrogen) atoms. The number of nitrogens with zero attached hydrogens (tertiary/aromatic N) is 1. The molecule has 0 spiro atoms. The molecular weight excluding hydrogens is 301 g/mol. The normalized spacial score (nSPS) is 21.3. The molecule has 0 radical (unpaired) electrons. The Bertz CT molecular complexity index is 551. The summed E-state index contributed by atoms with van der Waals surface area (Å²) in [5.74, 6) is -0.658. The molecule has 128 valence electrons. The lowest BCUT2D eigenvalue weighted by Crippen LogP contribution is -2.48. The SMILES string of the molecule is COCCC1(CO)CCCN(C(=O)c2ccc(OC)c(F)c2)C1. The fourth-order valence-corrected chi connectivity index (χ4v) is 3.09. The number of carbonyl (C=O) groups is 1. The molecular formula is C17H24FNO4. The van der Waals surface area contributed by atoms with Gasteiger partial charge in [-0.3, -0.25) is 4.79 Å². The first kappa shape index (κ1) is 17.7. The van der Waals surface area contributed by atoms with Crippen LogP contribution in [0.15, 0.2) is 18.2 Å². The fourth-order valence-electron chi connectivity index (χ4n) is 3.09. The predicted molar refractivity (Wildman–Crippen MR) is 84.1 cm³/mol. The third-order valence-corrected chi connectivity index (χ3v) is 4.52. The van der Waals surface area contributed by atoms with Crippen molar-refractivity contribution in [3.63, 3.8) is 0 Å². The number of carbonyl (C=O) groups excluding carboxylic acids is 1. The number of amides is 1. The van der Waals surface area contributed by atoms with Crippen LogP contribution in [0.5, 0.6) is 5.75 Å². The van der Waals surface area contributed by atoms with Gasteiger partial charge in [-0.25, -0.2) is 4.39 Å². The molecule has 1 aliphatic heterocycles. The van der Waals surface area contributed by atoms with Gasteiger partial charge in [-0.05, 0) is 37.5 Å². The molecule has 6 heteroatoms. The number of benzene rings is 1. The summed E-state index contributed by atoms with van der Waals surface area (Å²) < 4.78 is 23.8. The fraction of sp³-hybridized carbons (Fsp3) is 0.588. The summed E-state index contributed by atoms with van der Waals surface area (Å²) in [6, 6.07) is 4.22. The molecule has 1 saturated heterocycles. The molecule has 2 rings (SSSR count). The van der Waals surface area contributed by atoms with Crippen LogP contribution in [0.2, 0.25) is 0 Å². The van der Waals surface area contributed by atoms with Crippen molar-refractivity contribution < 1.29 is 23.8 Å². The Balaban J connectivity index is 2.13. The van der Waals surface area contributed by atoms with Gasteiger partial charge in [-0.1, -0.05) is 0 Å². The largest absolute Gasteiger partial charge is 0.494 e. The molecule has 1 aromatic carbocycles. The molecule has 1 aromatic rings. The number of hydrogen-bond acceptors (Lipinski definition) is 4. The Hall–Kier alpha value is -1.66. The van der Waals surface area contributed by atoms with E-state index in [2.05, 4.69) is 0 Å². The zero-order valence-corrected chi connectivity index (χ0v) is 13.7. The highest BCUT2D eigenvalue weighted by molar-refractivity contribution is 5.94. The molecule has 0 saturated carbocycles. The van der Waals surface area contributed by atoms with E-state index in [1.807, 2.05) is 0 Å². The monoisotopic (exact) mass is 325 g/mol. The zero-order valence-electron chi connectivity index (χ0n) is 13.7. The highest BCUT2D eigenvalue weighted by Crippen LogP contribution is 2.34. The second-order valence-electron chi connectivity index (χ2n) is 6.08. The Labute approximate surface area is 136 Å². The van der Waals surface area contributed by atoms with Crippen LogP contribution in [0.4, 0.5) is 4.39 Å². The summed E-state index contributed by atoms with van der Waals surface area (Å²) in [7, 11) is 3.01. The van der Waals surface area contributed by atoms with Crippen molar-refractivity contribution in [2.75, 3.05) is 40.5 Å². The lowest BCUT2D eigenvalue weighted by molar-refractivity contribution is 0.00896. The standard InChI is InChI=1S/C17H24FNO4/c1-22-9-7-17(12-20)6-3-8-19(11-17)16(21)13-4-5-15(23-2)14(18)10-13/h4-5,10,20H,3,6-9,11-12H2,1-2H3. The topological polar surface area (TPSA) is 59.0 Å². The van der Waals surface area contributed by atoms with Crippen molar-refractivity contribution in [1.82, 2.24) is 4.90 Å². The summed E-state index contributed by atoms with van der Waals surface area (Å²) >= 11 is 0. The highest BCUT2D eigenvalue weighted by atomic mass is 19.1. The Kier molecular flexibility index (Phi) is 5.96. The van der Waals surface area contributed by atoms with Crippen molar-refractivity contribution in [2.45, 2.75) is 19.3 Å². The van der Waals surface area contributed by atoms with Gasteiger partial charge in [0.15, 0.2) is 11.6 Å². The number of ether oxygens (including phenoxy) is 2. The molecule has 0 aliphatic carbocycles. The summed E-state index contributed by atoms with van der Waals surface area (Å²) in [4.78, 5) is 14.3. The lowest BCUT2D eigenvalue weighted by Gasteiger charge is -2.41. The van der Waals surface area contributed by atoms with Gasteiger partial charge in [0, 0.05) is 37.8 Å². The van der Waals surface area contributed by atoms with Crippen molar-refractivity contribution in [3.05, 3.63) is 29.6 Å². The predicted octanol–water partition coefficient (Wildman–Crippen LogP) is 2.09. The molecule has 1 fully saturated rings. The van der Waals surface area contributed by atoms with Crippen LogP contribution in [0, 0.1) is 11.2 Å². The van der Waals surface area contributed by atoms with E-state index in [-0.39, 0.29) is 23.7 Å². The van der Waals surface area contributed by atoms with E-state index in [4.69, 9.17) is 9.47 Å². The number of methoxy groups -OCH3 is 2. The first-order valence-corrected chi connectivity index (χ1v) is 7.78. The number of rotatable bonds is 6. The maximum atomic E-state index is 13.8. The molecule has 5 nitrogen and oxygen atoms in total. The van der Waals surface area contributed by atoms with Crippen molar-refractivity contribution >= 4 is 5.91 Å². The Morgan fingerprint density at radius 3 is 2.83 bits per heavy atom. The number of likely N-dealkylation sites (tertiary alicyclic amines) is 1. The van der Waals surface area contributed by atoms with Crippen LogP contribution in [0.1, 0.15) is 29.6 Å². The third-order valence-electron chi connectivity index (χ3n) is 4.52. The summed E-state index contributed by atoms with van der Waals surface area (Å²) in [6.07, 6.45) is 2.36. The zero-order chi connectivity index (χ0) is 16.9. The third kappa shape index (κ3) is 4.00. The number of halogens is 1.